The third-order valence-electron chi connectivity index (χ3n) is 7.26. The van der Waals surface area contributed by atoms with E-state index in [4.69, 9.17) is 14.2 Å². The molecule has 0 saturated carbocycles. The summed E-state index contributed by atoms with van der Waals surface area (Å²) in [6, 6.07) is 13.3. The van der Waals surface area contributed by atoms with Gasteiger partial charge in [0, 0.05) is 6.54 Å². The Labute approximate surface area is 221 Å². The molecule has 7 heteroatoms. The molecule has 1 aliphatic rings. The van der Waals surface area contributed by atoms with Crippen LogP contribution in [0.3, 0.4) is 0 Å². The van der Waals surface area contributed by atoms with E-state index in [-0.39, 0.29) is 18.0 Å². The number of rotatable bonds is 12. The van der Waals surface area contributed by atoms with Gasteiger partial charge in [0.25, 0.3) is 0 Å². The summed E-state index contributed by atoms with van der Waals surface area (Å²) in [6.45, 7) is 5.39. The zero-order chi connectivity index (χ0) is 26.8. The largest absolute Gasteiger partial charge is 0.493 e. The van der Waals surface area contributed by atoms with Gasteiger partial charge in [-0.15, -0.1) is 0 Å². The number of hydrogen-bond donors (Lipinski definition) is 2. The average Bonchev–Trinajstić information content (AvgIpc) is 2.94. The molecule has 1 unspecified atom stereocenters. The molecule has 1 saturated heterocycles. The number of ether oxygens (including phenoxy) is 3. The van der Waals surface area contributed by atoms with E-state index in [9.17, 15) is 9.90 Å². The molecule has 202 valence electrons. The van der Waals surface area contributed by atoms with Crippen molar-refractivity contribution in [2.75, 3.05) is 34.4 Å². The second-order valence-corrected chi connectivity index (χ2v) is 9.67. The molecule has 2 aromatic carbocycles. The number of hydrogen-bond acceptors (Lipinski definition) is 6. The molecule has 0 aromatic heterocycles. The standard InChI is InChI=1S/C30H42N2O5/c1-6-21(2)24(16-15-22-12-8-7-9-13-22)31-30(34)25-14-10-11-17-32(25)20-26(33)23-18-27(35-3)29(37-5)28(19-23)36-4/h7-9,12-13,15-16,18-19,21,24-26,33H,6,10-11,14,17,20H2,1-5H3,(H,31,34)/b16-15+/t21-,24+,25-,26?/m0/s1. The second kappa shape index (κ2) is 14.1. The van der Waals surface area contributed by atoms with Gasteiger partial charge < -0.3 is 24.6 Å². The van der Waals surface area contributed by atoms with Crippen molar-refractivity contribution < 1.29 is 24.1 Å². The highest BCUT2D eigenvalue weighted by atomic mass is 16.5. The SMILES string of the molecule is CC[C@H](C)[C@@H](/C=C/c1ccccc1)NC(=O)[C@@H]1CCCCN1CC(O)c1cc(OC)c(OC)c(OC)c1. The lowest BCUT2D eigenvalue weighted by molar-refractivity contribution is -0.129. The Bertz CT molecular complexity index is 1000. The van der Waals surface area contributed by atoms with Crippen LogP contribution in [-0.4, -0.2) is 62.4 Å². The highest BCUT2D eigenvalue weighted by Crippen LogP contribution is 2.40. The lowest BCUT2D eigenvalue weighted by Crippen LogP contribution is -2.53. The summed E-state index contributed by atoms with van der Waals surface area (Å²) in [5.74, 6) is 1.78. The molecule has 4 atom stereocenters. The molecule has 2 aromatic rings. The van der Waals surface area contributed by atoms with Crippen LogP contribution in [0, 0.1) is 5.92 Å². The van der Waals surface area contributed by atoms with Crippen LogP contribution in [0.5, 0.6) is 17.2 Å². The number of carbonyl (C=O) groups is 1. The quantitative estimate of drug-likeness (QED) is 0.425. The van der Waals surface area contributed by atoms with Crippen molar-refractivity contribution in [2.24, 2.45) is 5.92 Å². The number of benzene rings is 2. The third-order valence-corrected chi connectivity index (χ3v) is 7.26. The first-order chi connectivity index (χ1) is 17.9. The van der Waals surface area contributed by atoms with Gasteiger partial charge in [0.15, 0.2) is 11.5 Å². The fourth-order valence-electron chi connectivity index (χ4n) is 4.80. The number of carbonyl (C=O) groups excluding carboxylic acids is 1. The minimum atomic E-state index is -0.814. The molecular weight excluding hydrogens is 468 g/mol. The van der Waals surface area contributed by atoms with Gasteiger partial charge in [-0.3, -0.25) is 9.69 Å². The van der Waals surface area contributed by atoms with Gasteiger partial charge in [-0.05, 0) is 48.6 Å². The molecule has 0 bridgehead atoms. The van der Waals surface area contributed by atoms with Gasteiger partial charge in [0.2, 0.25) is 11.7 Å². The zero-order valence-electron chi connectivity index (χ0n) is 22.8. The maximum Gasteiger partial charge on any atom is 0.237 e. The van der Waals surface area contributed by atoms with Crippen molar-refractivity contribution in [3.8, 4) is 17.2 Å². The summed E-state index contributed by atoms with van der Waals surface area (Å²) in [6.07, 6.45) is 7.06. The number of amides is 1. The van der Waals surface area contributed by atoms with Crippen LogP contribution in [-0.2, 0) is 4.79 Å². The minimum Gasteiger partial charge on any atom is -0.493 e. The predicted molar refractivity (Wildman–Crippen MR) is 147 cm³/mol. The van der Waals surface area contributed by atoms with Crippen molar-refractivity contribution in [3.63, 3.8) is 0 Å². The fourth-order valence-corrected chi connectivity index (χ4v) is 4.80. The smallest absolute Gasteiger partial charge is 0.237 e. The summed E-state index contributed by atoms with van der Waals surface area (Å²) in [5, 5.41) is 14.5. The van der Waals surface area contributed by atoms with Gasteiger partial charge in [-0.1, -0.05) is 69.2 Å². The first kappa shape index (κ1) is 28.5. The Hall–Kier alpha value is -3.03. The van der Waals surface area contributed by atoms with Crippen molar-refractivity contribution in [2.45, 2.75) is 57.7 Å². The first-order valence-corrected chi connectivity index (χ1v) is 13.2. The van der Waals surface area contributed by atoms with Crippen LogP contribution in [0.2, 0.25) is 0 Å². The van der Waals surface area contributed by atoms with E-state index in [1.165, 1.54) is 0 Å². The van der Waals surface area contributed by atoms with Gasteiger partial charge in [-0.25, -0.2) is 0 Å². The van der Waals surface area contributed by atoms with E-state index in [1.807, 2.05) is 18.2 Å². The molecule has 1 amide bonds. The molecule has 1 aliphatic heterocycles. The average molecular weight is 511 g/mol. The Morgan fingerprint density at radius 2 is 1.78 bits per heavy atom. The van der Waals surface area contributed by atoms with E-state index >= 15 is 0 Å². The lowest BCUT2D eigenvalue weighted by Gasteiger charge is -2.37. The molecule has 0 aliphatic carbocycles. The van der Waals surface area contributed by atoms with E-state index in [0.29, 0.717) is 35.3 Å². The maximum absolute atomic E-state index is 13.5. The molecule has 0 radical (unpaired) electrons. The Morgan fingerprint density at radius 1 is 1.11 bits per heavy atom. The number of nitrogens with one attached hydrogen (secondary N) is 1. The number of aliphatic hydroxyl groups is 1. The van der Waals surface area contributed by atoms with Crippen LogP contribution >= 0.6 is 0 Å². The van der Waals surface area contributed by atoms with Crippen LogP contribution in [0.1, 0.15) is 56.8 Å². The molecule has 3 rings (SSSR count). The molecule has 1 heterocycles. The Balaban J connectivity index is 1.74. The van der Waals surface area contributed by atoms with Crippen LogP contribution in [0.4, 0.5) is 0 Å². The van der Waals surface area contributed by atoms with Gasteiger partial charge in [-0.2, -0.15) is 0 Å². The predicted octanol–water partition coefficient (Wildman–Crippen LogP) is 4.84. The van der Waals surface area contributed by atoms with E-state index < -0.39 is 6.10 Å². The van der Waals surface area contributed by atoms with Crippen LogP contribution < -0.4 is 19.5 Å². The molecule has 2 N–H and O–H groups in total. The Morgan fingerprint density at radius 3 is 2.38 bits per heavy atom. The van der Waals surface area contributed by atoms with E-state index in [0.717, 1.165) is 37.8 Å². The highest BCUT2D eigenvalue weighted by molar-refractivity contribution is 5.82. The molecular formula is C30H42N2O5. The number of methoxy groups -OCH3 is 3. The number of likely N-dealkylation sites (tertiary alicyclic amines) is 1. The van der Waals surface area contributed by atoms with Crippen molar-refractivity contribution >= 4 is 12.0 Å². The fraction of sp³-hybridized carbons (Fsp3) is 0.500. The molecule has 0 spiro atoms. The molecule has 7 nitrogen and oxygen atoms in total. The van der Waals surface area contributed by atoms with Gasteiger partial charge >= 0.3 is 0 Å². The van der Waals surface area contributed by atoms with Crippen LogP contribution in [0.15, 0.2) is 48.5 Å². The van der Waals surface area contributed by atoms with Gasteiger partial charge in [0.1, 0.15) is 0 Å². The van der Waals surface area contributed by atoms with Gasteiger partial charge in [0.05, 0.1) is 39.5 Å². The topological polar surface area (TPSA) is 80.3 Å². The van der Waals surface area contributed by atoms with Crippen molar-refractivity contribution in [1.82, 2.24) is 10.2 Å². The van der Waals surface area contributed by atoms with Crippen molar-refractivity contribution in [3.05, 3.63) is 59.7 Å². The second-order valence-electron chi connectivity index (χ2n) is 9.67. The monoisotopic (exact) mass is 510 g/mol. The van der Waals surface area contributed by atoms with Crippen LogP contribution in [0.25, 0.3) is 6.08 Å². The number of β-amino-alcohol motifs (C(OH)–C–C–N with tert-alkyl or cyclic N) is 1. The Kier molecular flexibility index (Phi) is 10.8. The third kappa shape index (κ3) is 7.49. The summed E-state index contributed by atoms with van der Waals surface area (Å²) in [7, 11) is 4.66. The number of aliphatic hydroxyl groups excluding tert-OH is 1. The lowest BCUT2D eigenvalue weighted by atomic mass is 9.95. The number of nitrogens with zero attached hydrogens (tertiary/aromatic N) is 1. The summed E-state index contributed by atoms with van der Waals surface area (Å²) in [4.78, 5) is 15.6. The minimum absolute atomic E-state index is 0.0137. The summed E-state index contributed by atoms with van der Waals surface area (Å²) >= 11 is 0. The highest BCUT2D eigenvalue weighted by Gasteiger charge is 2.32. The molecule has 37 heavy (non-hydrogen) atoms. The van der Waals surface area contributed by atoms with E-state index in [2.05, 4.69) is 48.3 Å². The summed E-state index contributed by atoms with van der Waals surface area (Å²) in [5.41, 5.74) is 1.76. The maximum atomic E-state index is 13.5. The zero-order valence-corrected chi connectivity index (χ0v) is 22.8. The van der Waals surface area contributed by atoms with Crippen molar-refractivity contribution in [1.29, 1.82) is 0 Å². The summed E-state index contributed by atoms with van der Waals surface area (Å²) < 4.78 is 16.3. The normalized spacial score (nSPS) is 18.7. The van der Waals surface area contributed by atoms with E-state index in [1.54, 1.807) is 33.5 Å². The first-order valence-electron chi connectivity index (χ1n) is 13.2. The number of piperidine rings is 1. The molecule has 1 fully saturated rings.